The van der Waals surface area contributed by atoms with Crippen LogP contribution in [0.5, 0.6) is 11.5 Å². The number of benzene rings is 1. The lowest BCUT2D eigenvalue weighted by atomic mass is 9.90. The molecule has 0 fully saturated rings. The molecule has 3 heteroatoms. The SMILES string of the molecule is COc1cc(O)cc2c1[C@H](C)N[C@H](C)C2. The van der Waals surface area contributed by atoms with E-state index in [4.69, 9.17) is 4.74 Å². The highest BCUT2D eigenvalue weighted by molar-refractivity contribution is 5.49. The molecular weight excluding hydrogens is 190 g/mol. The topological polar surface area (TPSA) is 41.5 Å². The van der Waals surface area contributed by atoms with Crippen molar-refractivity contribution >= 4 is 0 Å². The molecule has 1 heterocycles. The second kappa shape index (κ2) is 3.74. The number of hydrogen-bond donors (Lipinski definition) is 2. The summed E-state index contributed by atoms with van der Waals surface area (Å²) >= 11 is 0. The lowest BCUT2D eigenvalue weighted by Gasteiger charge is -2.30. The number of methoxy groups -OCH3 is 1. The standard InChI is InChI=1S/C12H17NO2/c1-7-4-9-5-10(14)6-11(15-3)12(9)8(2)13-7/h5-8,13-14H,4H2,1-3H3/t7-,8+/m1/s1. The van der Waals surface area contributed by atoms with Gasteiger partial charge in [-0.25, -0.2) is 0 Å². The summed E-state index contributed by atoms with van der Waals surface area (Å²) in [5.41, 5.74) is 2.36. The fourth-order valence-corrected chi connectivity index (χ4v) is 2.40. The van der Waals surface area contributed by atoms with Crippen molar-refractivity contribution in [1.29, 1.82) is 0 Å². The van der Waals surface area contributed by atoms with E-state index in [-0.39, 0.29) is 11.8 Å². The summed E-state index contributed by atoms with van der Waals surface area (Å²) in [6, 6.07) is 4.23. The van der Waals surface area contributed by atoms with Crippen molar-refractivity contribution < 1.29 is 9.84 Å². The Balaban J connectivity index is 2.53. The van der Waals surface area contributed by atoms with Gasteiger partial charge in [0, 0.05) is 23.7 Å². The van der Waals surface area contributed by atoms with Gasteiger partial charge in [-0.05, 0) is 31.9 Å². The first-order chi connectivity index (χ1) is 7.11. The molecule has 15 heavy (non-hydrogen) atoms. The number of nitrogens with one attached hydrogen (secondary N) is 1. The number of rotatable bonds is 1. The van der Waals surface area contributed by atoms with Crippen molar-refractivity contribution in [2.45, 2.75) is 32.4 Å². The van der Waals surface area contributed by atoms with E-state index in [1.807, 2.05) is 6.07 Å². The maximum atomic E-state index is 9.57. The van der Waals surface area contributed by atoms with Crippen LogP contribution in [0.3, 0.4) is 0 Å². The third kappa shape index (κ3) is 1.79. The van der Waals surface area contributed by atoms with Crippen LogP contribution in [0.15, 0.2) is 12.1 Å². The minimum atomic E-state index is 0.277. The minimum absolute atomic E-state index is 0.277. The second-order valence-corrected chi connectivity index (χ2v) is 4.21. The van der Waals surface area contributed by atoms with E-state index in [9.17, 15) is 5.11 Å². The zero-order chi connectivity index (χ0) is 11.0. The number of phenols is 1. The first-order valence-corrected chi connectivity index (χ1v) is 5.27. The molecule has 2 rings (SSSR count). The Bertz CT molecular complexity index is 376. The predicted molar refractivity (Wildman–Crippen MR) is 59.4 cm³/mol. The van der Waals surface area contributed by atoms with Crippen LogP contribution in [0.2, 0.25) is 0 Å². The van der Waals surface area contributed by atoms with Crippen molar-refractivity contribution in [3.05, 3.63) is 23.3 Å². The Morgan fingerprint density at radius 1 is 1.40 bits per heavy atom. The van der Waals surface area contributed by atoms with Crippen molar-refractivity contribution in [3.8, 4) is 11.5 Å². The van der Waals surface area contributed by atoms with E-state index in [2.05, 4.69) is 19.2 Å². The highest BCUT2D eigenvalue weighted by atomic mass is 16.5. The number of ether oxygens (including phenoxy) is 1. The van der Waals surface area contributed by atoms with Gasteiger partial charge in [0.1, 0.15) is 11.5 Å². The number of phenolic OH excluding ortho intramolecular Hbond substituents is 1. The summed E-state index contributed by atoms with van der Waals surface area (Å²) in [4.78, 5) is 0. The van der Waals surface area contributed by atoms with Gasteiger partial charge in [-0.15, -0.1) is 0 Å². The highest BCUT2D eigenvalue weighted by Crippen LogP contribution is 2.36. The van der Waals surface area contributed by atoms with Gasteiger partial charge in [0.2, 0.25) is 0 Å². The van der Waals surface area contributed by atoms with E-state index < -0.39 is 0 Å². The van der Waals surface area contributed by atoms with Crippen molar-refractivity contribution in [2.75, 3.05) is 7.11 Å². The quantitative estimate of drug-likeness (QED) is 0.740. The molecule has 0 radical (unpaired) electrons. The molecular formula is C12H17NO2. The van der Waals surface area contributed by atoms with Crippen LogP contribution in [0.25, 0.3) is 0 Å². The molecule has 0 saturated carbocycles. The summed E-state index contributed by atoms with van der Waals surface area (Å²) in [7, 11) is 1.64. The molecule has 82 valence electrons. The first kappa shape index (κ1) is 10.3. The van der Waals surface area contributed by atoms with Gasteiger partial charge < -0.3 is 15.2 Å². The van der Waals surface area contributed by atoms with Gasteiger partial charge in [0.25, 0.3) is 0 Å². The first-order valence-electron chi connectivity index (χ1n) is 5.27. The molecule has 3 nitrogen and oxygen atoms in total. The van der Waals surface area contributed by atoms with Crippen LogP contribution in [0, 0.1) is 0 Å². The van der Waals surface area contributed by atoms with E-state index in [0.717, 1.165) is 12.2 Å². The van der Waals surface area contributed by atoms with E-state index in [1.54, 1.807) is 13.2 Å². The molecule has 2 N–H and O–H groups in total. The summed E-state index contributed by atoms with van der Waals surface area (Å²) in [6.45, 7) is 4.27. The highest BCUT2D eigenvalue weighted by Gasteiger charge is 2.24. The molecule has 1 aliphatic heterocycles. The fourth-order valence-electron chi connectivity index (χ4n) is 2.40. The Labute approximate surface area is 90.1 Å². The van der Waals surface area contributed by atoms with Gasteiger partial charge in [0.15, 0.2) is 0 Å². The van der Waals surface area contributed by atoms with Gasteiger partial charge in [-0.2, -0.15) is 0 Å². The second-order valence-electron chi connectivity index (χ2n) is 4.21. The Kier molecular flexibility index (Phi) is 2.57. The van der Waals surface area contributed by atoms with Crippen LogP contribution in [0.4, 0.5) is 0 Å². The van der Waals surface area contributed by atoms with E-state index in [1.165, 1.54) is 11.1 Å². The molecule has 2 atom stereocenters. The Hall–Kier alpha value is -1.22. The summed E-state index contributed by atoms with van der Waals surface area (Å²) in [6.07, 6.45) is 0.935. The monoisotopic (exact) mass is 207 g/mol. The van der Waals surface area contributed by atoms with Crippen LogP contribution in [-0.2, 0) is 6.42 Å². The average molecular weight is 207 g/mol. The predicted octanol–water partition coefficient (Wildman–Crippen LogP) is 2.00. The molecule has 0 saturated heterocycles. The van der Waals surface area contributed by atoms with Crippen LogP contribution < -0.4 is 10.1 Å². The largest absolute Gasteiger partial charge is 0.508 e. The zero-order valence-corrected chi connectivity index (χ0v) is 9.37. The third-order valence-corrected chi connectivity index (χ3v) is 2.93. The lowest BCUT2D eigenvalue weighted by Crippen LogP contribution is -2.36. The molecule has 0 aromatic heterocycles. The maximum absolute atomic E-state index is 9.57. The summed E-state index contributed by atoms with van der Waals surface area (Å²) < 4.78 is 5.30. The minimum Gasteiger partial charge on any atom is -0.508 e. The summed E-state index contributed by atoms with van der Waals surface area (Å²) in [5.74, 6) is 1.06. The van der Waals surface area contributed by atoms with Gasteiger partial charge >= 0.3 is 0 Å². The van der Waals surface area contributed by atoms with Gasteiger partial charge in [-0.1, -0.05) is 0 Å². The molecule has 0 spiro atoms. The lowest BCUT2D eigenvalue weighted by molar-refractivity contribution is 0.376. The van der Waals surface area contributed by atoms with E-state index in [0.29, 0.717) is 6.04 Å². The van der Waals surface area contributed by atoms with E-state index >= 15 is 0 Å². The third-order valence-electron chi connectivity index (χ3n) is 2.93. The summed E-state index contributed by atoms with van der Waals surface area (Å²) in [5, 5.41) is 13.0. The smallest absolute Gasteiger partial charge is 0.127 e. The zero-order valence-electron chi connectivity index (χ0n) is 9.37. The molecule has 1 aromatic carbocycles. The Morgan fingerprint density at radius 3 is 2.80 bits per heavy atom. The molecule has 0 unspecified atom stereocenters. The fraction of sp³-hybridized carbons (Fsp3) is 0.500. The van der Waals surface area contributed by atoms with Gasteiger partial charge in [0.05, 0.1) is 7.11 Å². The van der Waals surface area contributed by atoms with Crippen LogP contribution >= 0.6 is 0 Å². The molecule has 0 aliphatic carbocycles. The number of aromatic hydroxyl groups is 1. The van der Waals surface area contributed by atoms with Crippen molar-refractivity contribution in [1.82, 2.24) is 5.32 Å². The molecule has 0 amide bonds. The number of fused-ring (bicyclic) bond motifs is 1. The maximum Gasteiger partial charge on any atom is 0.127 e. The van der Waals surface area contributed by atoms with Crippen LogP contribution in [0.1, 0.15) is 31.0 Å². The number of hydrogen-bond acceptors (Lipinski definition) is 3. The average Bonchev–Trinajstić information content (AvgIpc) is 2.14. The van der Waals surface area contributed by atoms with Crippen molar-refractivity contribution in [3.63, 3.8) is 0 Å². The van der Waals surface area contributed by atoms with Crippen LogP contribution in [-0.4, -0.2) is 18.3 Å². The molecule has 0 bridgehead atoms. The van der Waals surface area contributed by atoms with Gasteiger partial charge in [-0.3, -0.25) is 0 Å². The van der Waals surface area contributed by atoms with Crippen molar-refractivity contribution in [2.24, 2.45) is 0 Å². The normalized spacial score (nSPS) is 24.7. The molecule has 1 aliphatic rings. The Morgan fingerprint density at radius 2 is 2.13 bits per heavy atom. The molecule has 1 aromatic rings.